The van der Waals surface area contributed by atoms with Crippen LogP contribution in [0.1, 0.15) is 36.9 Å². The molecule has 0 amide bonds. The largest absolute Gasteiger partial charge is 0.469 e. The van der Waals surface area contributed by atoms with Crippen molar-refractivity contribution in [3.8, 4) is 0 Å². The highest BCUT2D eigenvalue weighted by atomic mass is 16.5. The fourth-order valence-electron chi connectivity index (χ4n) is 1.75. The van der Waals surface area contributed by atoms with E-state index in [1.807, 2.05) is 18.2 Å². The van der Waals surface area contributed by atoms with E-state index in [0.717, 1.165) is 12.0 Å². The van der Waals surface area contributed by atoms with Crippen LogP contribution in [0, 0.1) is 0 Å². The lowest BCUT2D eigenvalue weighted by atomic mass is 9.96. The molecule has 1 rings (SSSR count). The normalized spacial score (nSPS) is 12.2. The number of aryl methyl sites for hydroxylation is 1. The molecule has 0 aliphatic rings. The first-order valence-electron chi connectivity index (χ1n) is 5.59. The van der Waals surface area contributed by atoms with Gasteiger partial charge in [0.25, 0.3) is 0 Å². The SMILES string of the molecule is CCc1ccccc1C(N)CCC(=O)OC. The summed E-state index contributed by atoms with van der Waals surface area (Å²) in [5, 5.41) is 0. The Kier molecular flexibility index (Phi) is 4.99. The zero-order valence-corrected chi connectivity index (χ0v) is 9.90. The molecule has 0 saturated heterocycles. The van der Waals surface area contributed by atoms with Crippen molar-refractivity contribution in [2.45, 2.75) is 32.2 Å². The van der Waals surface area contributed by atoms with Crippen molar-refractivity contribution in [3.05, 3.63) is 35.4 Å². The second-order valence-electron chi connectivity index (χ2n) is 3.77. The summed E-state index contributed by atoms with van der Waals surface area (Å²) in [5.41, 5.74) is 8.45. The molecule has 1 aromatic rings. The number of carbonyl (C=O) groups is 1. The fraction of sp³-hybridized carbons (Fsp3) is 0.462. The molecule has 88 valence electrons. The molecule has 0 fully saturated rings. The summed E-state index contributed by atoms with van der Waals surface area (Å²) in [4.78, 5) is 11.0. The Morgan fingerprint density at radius 1 is 1.44 bits per heavy atom. The number of hydrogen-bond donors (Lipinski definition) is 1. The maximum absolute atomic E-state index is 11.0. The van der Waals surface area contributed by atoms with E-state index in [-0.39, 0.29) is 12.0 Å². The van der Waals surface area contributed by atoms with Crippen molar-refractivity contribution in [1.82, 2.24) is 0 Å². The predicted molar refractivity (Wildman–Crippen MR) is 64.0 cm³/mol. The first-order chi connectivity index (χ1) is 7.69. The van der Waals surface area contributed by atoms with Gasteiger partial charge in [-0.3, -0.25) is 4.79 Å². The summed E-state index contributed by atoms with van der Waals surface area (Å²) < 4.78 is 4.60. The van der Waals surface area contributed by atoms with E-state index >= 15 is 0 Å². The lowest BCUT2D eigenvalue weighted by molar-refractivity contribution is -0.140. The number of carbonyl (C=O) groups excluding carboxylic acids is 1. The van der Waals surface area contributed by atoms with Gasteiger partial charge in [-0.2, -0.15) is 0 Å². The van der Waals surface area contributed by atoms with E-state index in [1.54, 1.807) is 0 Å². The average Bonchev–Trinajstić information content (AvgIpc) is 2.35. The smallest absolute Gasteiger partial charge is 0.305 e. The standard InChI is InChI=1S/C13H19NO2/c1-3-10-6-4-5-7-11(10)12(14)8-9-13(15)16-2/h4-7,12H,3,8-9,14H2,1-2H3. The minimum Gasteiger partial charge on any atom is -0.469 e. The van der Waals surface area contributed by atoms with E-state index in [0.29, 0.717) is 12.8 Å². The van der Waals surface area contributed by atoms with E-state index in [2.05, 4.69) is 17.7 Å². The number of rotatable bonds is 5. The van der Waals surface area contributed by atoms with Gasteiger partial charge in [0.05, 0.1) is 7.11 Å². The van der Waals surface area contributed by atoms with E-state index in [1.165, 1.54) is 12.7 Å². The average molecular weight is 221 g/mol. The summed E-state index contributed by atoms with van der Waals surface area (Å²) in [6.45, 7) is 2.10. The second kappa shape index (κ2) is 6.28. The Bertz CT molecular complexity index is 350. The van der Waals surface area contributed by atoms with Gasteiger partial charge in [0.1, 0.15) is 0 Å². The van der Waals surface area contributed by atoms with Crippen molar-refractivity contribution < 1.29 is 9.53 Å². The highest BCUT2D eigenvalue weighted by Crippen LogP contribution is 2.20. The number of benzene rings is 1. The Morgan fingerprint density at radius 3 is 2.75 bits per heavy atom. The number of hydrogen-bond acceptors (Lipinski definition) is 3. The van der Waals surface area contributed by atoms with Gasteiger partial charge >= 0.3 is 5.97 Å². The molecule has 3 nitrogen and oxygen atoms in total. The van der Waals surface area contributed by atoms with Gasteiger partial charge in [0.2, 0.25) is 0 Å². The van der Waals surface area contributed by atoms with Gasteiger partial charge in [-0.15, -0.1) is 0 Å². The maximum atomic E-state index is 11.0. The summed E-state index contributed by atoms with van der Waals surface area (Å²) in [5.74, 6) is -0.204. The molecule has 0 aromatic heterocycles. The number of methoxy groups -OCH3 is 1. The van der Waals surface area contributed by atoms with E-state index < -0.39 is 0 Å². The predicted octanol–water partition coefficient (Wildman–Crippen LogP) is 2.20. The molecule has 0 saturated carbocycles. The van der Waals surface area contributed by atoms with Crippen molar-refractivity contribution in [2.75, 3.05) is 7.11 Å². The van der Waals surface area contributed by atoms with Crippen molar-refractivity contribution in [3.63, 3.8) is 0 Å². The molecule has 1 aromatic carbocycles. The van der Waals surface area contributed by atoms with Crippen LogP contribution >= 0.6 is 0 Å². The molecule has 0 bridgehead atoms. The third-order valence-electron chi connectivity index (χ3n) is 2.72. The van der Waals surface area contributed by atoms with Gasteiger partial charge < -0.3 is 10.5 Å². The van der Waals surface area contributed by atoms with Crippen molar-refractivity contribution in [2.24, 2.45) is 5.73 Å². The van der Waals surface area contributed by atoms with Crippen LogP contribution in [0.3, 0.4) is 0 Å². The van der Waals surface area contributed by atoms with Gasteiger partial charge in [-0.1, -0.05) is 31.2 Å². The summed E-state index contributed by atoms with van der Waals surface area (Å²) in [6, 6.07) is 8.01. The van der Waals surface area contributed by atoms with Crippen LogP contribution in [0.2, 0.25) is 0 Å². The Balaban J connectivity index is 2.65. The summed E-state index contributed by atoms with van der Waals surface area (Å²) in [7, 11) is 1.40. The summed E-state index contributed by atoms with van der Waals surface area (Å²) in [6.07, 6.45) is 1.96. The zero-order valence-electron chi connectivity index (χ0n) is 9.90. The molecule has 0 heterocycles. The topological polar surface area (TPSA) is 52.3 Å². The van der Waals surface area contributed by atoms with Crippen molar-refractivity contribution >= 4 is 5.97 Å². The minimum atomic E-state index is -0.204. The molecule has 0 aliphatic carbocycles. The van der Waals surface area contributed by atoms with Gasteiger partial charge in [0.15, 0.2) is 0 Å². The number of esters is 1. The third-order valence-corrected chi connectivity index (χ3v) is 2.72. The van der Waals surface area contributed by atoms with Crippen LogP contribution in [0.5, 0.6) is 0 Å². The highest BCUT2D eigenvalue weighted by Gasteiger charge is 2.11. The molecule has 0 aliphatic heterocycles. The molecule has 3 heteroatoms. The lowest BCUT2D eigenvalue weighted by Gasteiger charge is -2.15. The molecular formula is C13H19NO2. The number of ether oxygens (including phenoxy) is 1. The summed E-state index contributed by atoms with van der Waals surface area (Å²) >= 11 is 0. The molecule has 0 radical (unpaired) electrons. The highest BCUT2D eigenvalue weighted by molar-refractivity contribution is 5.69. The first kappa shape index (κ1) is 12.7. The molecule has 2 N–H and O–H groups in total. The maximum Gasteiger partial charge on any atom is 0.305 e. The quantitative estimate of drug-likeness (QED) is 0.775. The Morgan fingerprint density at radius 2 is 2.12 bits per heavy atom. The van der Waals surface area contributed by atoms with E-state index in [4.69, 9.17) is 5.73 Å². The van der Waals surface area contributed by atoms with Crippen LogP contribution in [-0.2, 0) is 16.0 Å². The fourth-order valence-corrected chi connectivity index (χ4v) is 1.75. The minimum absolute atomic E-state index is 0.0877. The van der Waals surface area contributed by atoms with E-state index in [9.17, 15) is 4.79 Å². The monoisotopic (exact) mass is 221 g/mol. The van der Waals surface area contributed by atoms with Crippen LogP contribution in [0.15, 0.2) is 24.3 Å². The van der Waals surface area contributed by atoms with Gasteiger partial charge in [0, 0.05) is 12.5 Å². The second-order valence-corrected chi connectivity index (χ2v) is 3.77. The first-order valence-corrected chi connectivity index (χ1v) is 5.59. The molecular weight excluding hydrogens is 202 g/mol. The van der Waals surface area contributed by atoms with Gasteiger partial charge in [-0.25, -0.2) is 0 Å². The molecule has 1 unspecified atom stereocenters. The van der Waals surface area contributed by atoms with Crippen LogP contribution < -0.4 is 5.73 Å². The van der Waals surface area contributed by atoms with Crippen molar-refractivity contribution in [1.29, 1.82) is 0 Å². The zero-order chi connectivity index (χ0) is 12.0. The molecule has 16 heavy (non-hydrogen) atoms. The molecule has 0 spiro atoms. The Hall–Kier alpha value is -1.35. The Labute approximate surface area is 96.6 Å². The van der Waals surface area contributed by atoms with Crippen LogP contribution in [-0.4, -0.2) is 13.1 Å². The van der Waals surface area contributed by atoms with Crippen LogP contribution in [0.25, 0.3) is 0 Å². The lowest BCUT2D eigenvalue weighted by Crippen LogP contribution is -2.14. The third kappa shape index (κ3) is 3.35. The molecule has 1 atom stereocenters. The van der Waals surface area contributed by atoms with Crippen LogP contribution in [0.4, 0.5) is 0 Å². The van der Waals surface area contributed by atoms with Gasteiger partial charge in [-0.05, 0) is 24.0 Å². The number of nitrogens with two attached hydrogens (primary N) is 1.